The fourth-order valence-electron chi connectivity index (χ4n) is 3.90. The van der Waals surface area contributed by atoms with Gasteiger partial charge < -0.3 is 24.1 Å². The first-order valence-corrected chi connectivity index (χ1v) is 13.0. The van der Waals surface area contributed by atoms with Crippen molar-refractivity contribution in [1.82, 2.24) is 9.80 Å². The van der Waals surface area contributed by atoms with Crippen LogP contribution in [-0.2, 0) is 28.5 Å². The molecule has 2 heterocycles. The van der Waals surface area contributed by atoms with Crippen LogP contribution in [0.5, 0.6) is 0 Å². The fourth-order valence-corrected chi connectivity index (χ4v) is 3.90. The number of esters is 1. The van der Waals surface area contributed by atoms with Crippen molar-refractivity contribution in [3.05, 3.63) is 0 Å². The molecule has 0 aromatic rings. The molecule has 0 aromatic heterocycles. The first-order valence-electron chi connectivity index (χ1n) is 13.0. The Morgan fingerprint density at radius 1 is 0.718 bits per heavy atom. The molecule has 11 nitrogen and oxygen atoms in total. The highest BCUT2D eigenvalue weighted by atomic mass is 16.6. The van der Waals surface area contributed by atoms with Crippen molar-refractivity contribution < 1.29 is 43.2 Å². The average Bonchev–Trinajstić information content (AvgIpc) is 3.39. The predicted octanol–water partition coefficient (Wildman–Crippen LogP) is 4.92. The van der Waals surface area contributed by atoms with Crippen LogP contribution < -0.4 is 0 Å². The Morgan fingerprint density at radius 3 is 1.59 bits per heavy atom. The molecule has 0 aromatic carbocycles. The number of nitrogens with zero attached hydrogens (tertiary/aromatic N) is 2. The van der Waals surface area contributed by atoms with Gasteiger partial charge in [-0.15, -0.1) is 0 Å². The number of hydrogen-bond donors (Lipinski definition) is 1. The molecular formula is C28H54N2O9. The van der Waals surface area contributed by atoms with Gasteiger partial charge >= 0.3 is 18.2 Å². The van der Waals surface area contributed by atoms with E-state index in [1.165, 1.54) is 23.8 Å². The maximum Gasteiger partial charge on any atom is 0.413 e. The van der Waals surface area contributed by atoms with E-state index in [1.54, 1.807) is 41.5 Å². The molecule has 230 valence electrons. The molecule has 2 aliphatic rings. The standard InChI is InChI=1S/C15H27NO5.C11H19NO3.CH4O.CH4/c1-14(2,3)20-12(17)10-8-9-11(19-7)16(10)13(18)21-15(4,5)6;1-8(13)9-6-5-7-12(9)10(14)15-11(2,3)4;1-2;/h10-11H,8-9H2,1-7H3;9H,5-7H2,1-4H3;2H,1H3;1H4/t10-,11?;9-;;/m00../s1. The molecule has 39 heavy (non-hydrogen) atoms. The molecule has 1 unspecified atom stereocenters. The Morgan fingerprint density at radius 2 is 1.18 bits per heavy atom. The number of ketones is 1. The minimum absolute atomic E-state index is 0. The zero-order valence-corrected chi connectivity index (χ0v) is 25.4. The van der Waals surface area contributed by atoms with Crippen molar-refractivity contribution in [1.29, 1.82) is 0 Å². The van der Waals surface area contributed by atoms with E-state index in [1.807, 2.05) is 20.8 Å². The van der Waals surface area contributed by atoms with Crippen molar-refractivity contribution >= 4 is 23.9 Å². The molecule has 11 heteroatoms. The summed E-state index contributed by atoms with van der Waals surface area (Å²) < 4.78 is 21.3. The summed E-state index contributed by atoms with van der Waals surface area (Å²) in [5.74, 6) is -0.383. The van der Waals surface area contributed by atoms with Crippen LogP contribution in [0.1, 0.15) is 102 Å². The summed E-state index contributed by atoms with van der Waals surface area (Å²) >= 11 is 0. The number of rotatable bonds is 3. The van der Waals surface area contributed by atoms with Crippen molar-refractivity contribution in [2.24, 2.45) is 0 Å². The van der Waals surface area contributed by atoms with Crippen LogP contribution in [0.25, 0.3) is 0 Å². The molecular weight excluding hydrogens is 508 g/mol. The number of Topliss-reactive ketones (excluding diaryl/α,β-unsaturated/α-hetero) is 1. The Kier molecular flexibility index (Phi) is 15.9. The van der Waals surface area contributed by atoms with E-state index >= 15 is 0 Å². The van der Waals surface area contributed by atoms with Gasteiger partial charge in [0.15, 0.2) is 5.78 Å². The summed E-state index contributed by atoms with van der Waals surface area (Å²) in [4.78, 5) is 50.5. The number of aliphatic hydroxyl groups is 1. The van der Waals surface area contributed by atoms with Crippen LogP contribution in [0.15, 0.2) is 0 Å². The van der Waals surface area contributed by atoms with E-state index in [0.29, 0.717) is 19.4 Å². The van der Waals surface area contributed by atoms with E-state index in [0.717, 1.165) is 20.0 Å². The lowest BCUT2D eigenvalue weighted by molar-refractivity contribution is -0.162. The highest BCUT2D eigenvalue weighted by Crippen LogP contribution is 2.29. The zero-order chi connectivity index (χ0) is 30.1. The SMILES string of the molecule is C.CC(=O)[C@@H]1CCCN1C(=O)OC(C)(C)C.CO.COC1CC[C@@H](C(=O)OC(C)(C)C)N1C(=O)OC(C)(C)C. The van der Waals surface area contributed by atoms with Gasteiger partial charge in [0.05, 0.1) is 6.04 Å². The number of methoxy groups -OCH3 is 1. The fraction of sp³-hybridized carbons (Fsp3) is 0.857. The molecule has 0 saturated carbocycles. The number of ether oxygens (including phenoxy) is 4. The number of likely N-dealkylation sites (tertiary alicyclic amines) is 2. The quantitative estimate of drug-likeness (QED) is 0.376. The summed E-state index contributed by atoms with van der Waals surface area (Å²) in [5.41, 5.74) is -1.72. The summed E-state index contributed by atoms with van der Waals surface area (Å²) in [6.07, 6.45) is 1.34. The van der Waals surface area contributed by atoms with Crippen molar-refractivity contribution in [2.75, 3.05) is 20.8 Å². The van der Waals surface area contributed by atoms with Gasteiger partial charge in [-0.3, -0.25) is 14.6 Å². The minimum atomic E-state index is -0.663. The second-order valence-electron chi connectivity index (χ2n) is 12.1. The van der Waals surface area contributed by atoms with E-state index in [2.05, 4.69) is 0 Å². The normalized spacial score (nSPS) is 20.9. The van der Waals surface area contributed by atoms with Crippen LogP contribution in [0, 0.1) is 0 Å². The van der Waals surface area contributed by atoms with E-state index in [9.17, 15) is 19.2 Å². The van der Waals surface area contributed by atoms with Crippen LogP contribution >= 0.6 is 0 Å². The van der Waals surface area contributed by atoms with Crippen LogP contribution in [0.2, 0.25) is 0 Å². The Hall–Kier alpha value is -2.40. The van der Waals surface area contributed by atoms with Crippen LogP contribution in [0.4, 0.5) is 9.59 Å². The molecule has 0 spiro atoms. The molecule has 3 atom stereocenters. The van der Waals surface area contributed by atoms with Gasteiger partial charge in [-0.25, -0.2) is 14.4 Å². The number of carbonyl (C=O) groups is 4. The lowest BCUT2D eigenvalue weighted by Gasteiger charge is -2.32. The van der Waals surface area contributed by atoms with Gasteiger partial charge in [0.1, 0.15) is 29.1 Å². The van der Waals surface area contributed by atoms with Gasteiger partial charge in [-0.2, -0.15) is 0 Å². The second kappa shape index (κ2) is 16.0. The molecule has 2 rings (SSSR count). The third-order valence-corrected chi connectivity index (χ3v) is 5.24. The van der Waals surface area contributed by atoms with Crippen molar-refractivity contribution in [2.45, 2.75) is 137 Å². The van der Waals surface area contributed by atoms with Gasteiger partial charge in [-0.1, -0.05) is 7.43 Å². The highest BCUT2D eigenvalue weighted by Gasteiger charge is 2.45. The van der Waals surface area contributed by atoms with Crippen LogP contribution in [0.3, 0.4) is 0 Å². The average molecular weight is 563 g/mol. The highest BCUT2D eigenvalue weighted by molar-refractivity contribution is 5.86. The summed E-state index contributed by atoms with van der Waals surface area (Å²) in [7, 11) is 2.51. The first kappa shape index (κ1) is 38.7. The topological polar surface area (TPSA) is 132 Å². The largest absolute Gasteiger partial charge is 0.458 e. The monoisotopic (exact) mass is 562 g/mol. The van der Waals surface area contributed by atoms with E-state index in [4.69, 9.17) is 24.1 Å². The smallest absolute Gasteiger partial charge is 0.413 e. The van der Waals surface area contributed by atoms with Gasteiger partial charge in [0, 0.05) is 20.8 Å². The number of aliphatic hydroxyl groups excluding tert-OH is 1. The molecule has 2 amide bonds. The predicted molar refractivity (Wildman–Crippen MR) is 149 cm³/mol. The molecule has 0 aliphatic carbocycles. The number of amides is 2. The maximum atomic E-state index is 12.3. The van der Waals surface area contributed by atoms with E-state index < -0.39 is 41.1 Å². The molecule has 0 radical (unpaired) electrons. The molecule has 2 saturated heterocycles. The first-order chi connectivity index (χ1) is 17.3. The van der Waals surface area contributed by atoms with Crippen molar-refractivity contribution in [3.63, 3.8) is 0 Å². The number of hydrogen-bond acceptors (Lipinski definition) is 9. The Balaban J connectivity index is 0. The molecule has 0 bridgehead atoms. The lowest BCUT2D eigenvalue weighted by Crippen LogP contribution is -2.49. The second-order valence-corrected chi connectivity index (χ2v) is 12.1. The summed E-state index contributed by atoms with van der Waals surface area (Å²) in [6, 6.07) is -0.941. The van der Waals surface area contributed by atoms with Crippen molar-refractivity contribution in [3.8, 4) is 0 Å². The third-order valence-electron chi connectivity index (χ3n) is 5.24. The summed E-state index contributed by atoms with van der Waals surface area (Å²) in [5, 5.41) is 7.00. The number of carbonyl (C=O) groups excluding carboxylic acids is 4. The maximum absolute atomic E-state index is 12.3. The van der Waals surface area contributed by atoms with Crippen LogP contribution in [-0.4, -0.2) is 94.7 Å². The minimum Gasteiger partial charge on any atom is -0.458 e. The summed E-state index contributed by atoms with van der Waals surface area (Å²) in [6.45, 7) is 18.4. The molecule has 2 aliphatic heterocycles. The van der Waals surface area contributed by atoms with Gasteiger partial charge in [0.2, 0.25) is 0 Å². The molecule has 1 N–H and O–H groups in total. The Bertz CT molecular complexity index is 794. The molecule has 2 fully saturated rings. The van der Waals surface area contributed by atoms with Gasteiger partial charge in [-0.05, 0) is 94.9 Å². The van der Waals surface area contributed by atoms with E-state index in [-0.39, 0.29) is 25.3 Å². The zero-order valence-electron chi connectivity index (χ0n) is 25.4. The third kappa shape index (κ3) is 14.0. The lowest BCUT2D eigenvalue weighted by atomic mass is 10.1. The Labute approximate surface area is 235 Å². The van der Waals surface area contributed by atoms with Gasteiger partial charge in [0.25, 0.3) is 0 Å².